The number of hydrogen-bond donors (Lipinski definition) is 1. The third-order valence-corrected chi connectivity index (χ3v) is 5.09. The molecule has 0 saturated carbocycles. The molecule has 29 heavy (non-hydrogen) atoms. The second-order valence-corrected chi connectivity index (χ2v) is 7.11. The number of carbonyl (C=O) groups excluding carboxylic acids is 3. The van der Waals surface area contributed by atoms with E-state index in [4.69, 9.17) is 16.3 Å². The van der Waals surface area contributed by atoms with E-state index < -0.39 is 5.97 Å². The Bertz CT molecular complexity index is 922. The predicted octanol–water partition coefficient (Wildman–Crippen LogP) is 3.05. The lowest BCUT2D eigenvalue weighted by atomic mass is 10.1. The molecule has 0 radical (unpaired) electrons. The van der Waals surface area contributed by atoms with Crippen LogP contribution in [-0.4, -0.2) is 56.0 Å². The fourth-order valence-electron chi connectivity index (χ4n) is 3.21. The van der Waals surface area contributed by atoms with E-state index in [9.17, 15) is 14.4 Å². The molecule has 0 aliphatic carbocycles. The summed E-state index contributed by atoms with van der Waals surface area (Å²) in [6.07, 6.45) is 0. The first-order valence-corrected chi connectivity index (χ1v) is 9.56. The Labute approximate surface area is 174 Å². The summed E-state index contributed by atoms with van der Waals surface area (Å²) >= 11 is 5.89. The van der Waals surface area contributed by atoms with E-state index >= 15 is 0 Å². The Balaban J connectivity index is 1.88. The first kappa shape index (κ1) is 20.7. The molecule has 3 rings (SSSR count). The highest BCUT2D eigenvalue weighted by molar-refractivity contribution is 6.30. The van der Waals surface area contributed by atoms with Crippen molar-refractivity contribution in [2.75, 3.05) is 43.5 Å². The van der Waals surface area contributed by atoms with E-state index in [-0.39, 0.29) is 11.8 Å². The molecule has 0 aromatic heterocycles. The second-order valence-electron chi connectivity index (χ2n) is 6.68. The van der Waals surface area contributed by atoms with Gasteiger partial charge in [-0.1, -0.05) is 11.6 Å². The third-order valence-electron chi connectivity index (χ3n) is 4.84. The maximum atomic E-state index is 12.7. The van der Waals surface area contributed by atoms with Crippen molar-refractivity contribution in [3.8, 4) is 0 Å². The molecular formula is C21H22ClN3O4. The van der Waals surface area contributed by atoms with Crippen LogP contribution in [0.15, 0.2) is 42.5 Å². The van der Waals surface area contributed by atoms with Gasteiger partial charge in [0.25, 0.3) is 5.91 Å². The molecule has 0 atom stereocenters. The molecule has 1 fully saturated rings. The maximum absolute atomic E-state index is 12.7. The normalized spacial score (nSPS) is 13.8. The van der Waals surface area contributed by atoms with E-state index in [1.54, 1.807) is 54.3 Å². The molecule has 7 nitrogen and oxygen atoms in total. The number of carbonyl (C=O) groups is 3. The van der Waals surface area contributed by atoms with Gasteiger partial charge in [0.15, 0.2) is 0 Å². The average molecular weight is 416 g/mol. The number of nitrogens with one attached hydrogen (secondary N) is 1. The quantitative estimate of drug-likeness (QED) is 0.776. The van der Waals surface area contributed by atoms with E-state index in [0.29, 0.717) is 48.0 Å². The number of halogens is 1. The van der Waals surface area contributed by atoms with Crippen molar-refractivity contribution in [1.82, 2.24) is 4.90 Å². The summed E-state index contributed by atoms with van der Waals surface area (Å²) in [5, 5.41) is 3.42. The second kappa shape index (κ2) is 8.96. The SMILES string of the molecule is COC(=O)c1ccc(N2CCN(C(C)=O)CC2)c(NC(=O)c2ccc(Cl)cc2)c1. The summed E-state index contributed by atoms with van der Waals surface area (Å²) < 4.78 is 4.80. The highest BCUT2D eigenvalue weighted by Gasteiger charge is 2.22. The predicted molar refractivity (Wildman–Crippen MR) is 112 cm³/mol. The Morgan fingerprint density at radius 2 is 1.59 bits per heavy atom. The zero-order valence-corrected chi connectivity index (χ0v) is 17.0. The molecule has 2 amide bonds. The highest BCUT2D eigenvalue weighted by atomic mass is 35.5. The van der Waals surface area contributed by atoms with Crippen LogP contribution in [0.2, 0.25) is 5.02 Å². The lowest BCUT2D eigenvalue weighted by molar-refractivity contribution is -0.129. The van der Waals surface area contributed by atoms with Crippen LogP contribution in [0.25, 0.3) is 0 Å². The van der Waals surface area contributed by atoms with Crippen molar-refractivity contribution in [2.45, 2.75) is 6.92 Å². The van der Waals surface area contributed by atoms with E-state index in [1.165, 1.54) is 7.11 Å². The van der Waals surface area contributed by atoms with Crippen molar-refractivity contribution < 1.29 is 19.1 Å². The first-order valence-electron chi connectivity index (χ1n) is 9.19. The number of nitrogens with zero attached hydrogens (tertiary/aromatic N) is 2. The number of methoxy groups -OCH3 is 1. The van der Waals surface area contributed by atoms with Gasteiger partial charge in [0.1, 0.15) is 0 Å². The summed E-state index contributed by atoms with van der Waals surface area (Å²) in [6, 6.07) is 11.6. The van der Waals surface area contributed by atoms with Gasteiger partial charge in [-0.2, -0.15) is 0 Å². The minimum Gasteiger partial charge on any atom is -0.465 e. The number of esters is 1. The summed E-state index contributed by atoms with van der Waals surface area (Å²) in [4.78, 5) is 40.1. The number of amides is 2. The molecule has 152 valence electrons. The lowest BCUT2D eigenvalue weighted by Crippen LogP contribution is -2.48. The van der Waals surface area contributed by atoms with E-state index in [2.05, 4.69) is 10.2 Å². The first-order chi connectivity index (χ1) is 13.9. The van der Waals surface area contributed by atoms with Crippen LogP contribution in [0.5, 0.6) is 0 Å². The van der Waals surface area contributed by atoms with Gasteiger partial charge in [-0.15, -0.1) is 0 Å². The molecule has 1 aliphatic rings. The highest BCUT2D eigenvalue weighted by Crippen LogP contribution is 2.29. The molecule has 2 aromatic rings. The summed E-state index contributed by atoms with van der Waals surface area (Å²) in [7, 11) is 1.31. The van der Waals surface area contributed by atoms with Gasteiger partial charge in [-0.05, 0) is 42.5 Å². The molecule has 1 saturated heterocycles. The Morgan fingerprint density at radius 3 is 2.17 bits per heavy atom. The Morgan fingerprint density at radius 1 is 0.966 bits per heavy atom. The van der Waals surface area contributed by atoms with Crippen LogP contribution in [-0.2, 0) is 9.53 Å². The van der Waals surface area contributed by atoms with Crippen LogP contribution in [0.3, 0.4) is 0 Å². The number of ether oxygens (including phenoxy) is 1. The van der Waals surface area contributed by atoms with E-state index in [0.717, 1.165) is 5.69 Å². The van der Waals surface area contributed by atoms with Gasteiger partial charge in [-0.3, -0.25) is 9.59 Å². The smallest absolute Gasteiger partial charge is 0.337 e. The van der Waals surface area contributed by atoms with Crippen molar-refractivity contribution in [3.63, 3.8) is 0 Å². The summed E-state index contributed by atoms with van der Waals surface area (Å²) in [5.74, 6) is -0.755. The topological polar surface area (TPSA) is 79.0 Å². The van der Waals surface area contributed by atoms with Crippen LogP contribution >= 0.6 is 11.6 Å². The van der Waals surface area contributed by atoms with Gasteiger partial charge in [0.05, 0.1) is 24.0 Å². The van der Waals surface area contributed by atoms with Gasteiger partial charge in [-0.25, -0.2) is 4.79 Å². The van der Waals surface area contributed by atoms with Crippen LogP contribution < -0.4 is 10.2 Å². The van der Waals surface area contributed by atoms with Gasteiger partial charge in [0, 0.05) is 43.7 Å². The molecule has 1 N–H and O–H groups in total. The molecule has 0 unspecified atom stereocenters. The van der Waals surface area contributed by atoms with Crippen molar-refractivity contribution in [2.24, 2.45) is 0 Å². The minimum atomic E-state index is -0.486. The van der Waals surface area contributed by atoms with Crippen molar-refractivity contribution in [3.05, 3.63) is 58.6 Å². The zero-order chi connectivity index (χ0) is 21.0. The molecule has 1 aliphatic heterocycles. The Hall–Kier alpha value is -3.06. The maximum Gasteiger partial charge on any atom is 0.337 e. The summed E-state index contributed by atoms with van der Waals surface area (Å²) in [5.41, 5.74) is 2.07. The largest absolute Gasteiger partial charge is 0.465 e. The molecule has 2 aromatic carbocycles. The summed E-state index contributed by atoms with van der Waals surface area (Å²) in [6.45, 7) is 4.00. The number of rotatable bonds is 4. The van der Waals surface area contributed by atoms with E-state index in [1.807, 2.05) is 0 Å². The third kappa shape index (κ3) is 4.86. The molecular weight excluding hydrogens is 394 g/mol. The van der Waals surface area contributed by atoms with Crippen LogP contribution in [0.1, 0.15) is 27.6 Å². The fraction of sp³-hybridized carbons (Fsp3) is 0.286. The lowest BCUT2D eigenvalue weighted by Gasteiger charge is -2.36. The number of hydrogen-bond acceptors (Lipinski definition) is 5. The minimum absolute atomic E-state index is 0.0435. The Kier molecular flexibility index (Phi) is 6.39. The molecule has 0 bridgehead atoms. The van der Waals surface area contributed by atoms with Crippen LogP contribution in [0, 0.1) is 0 Å². The number of piperazine rings is 1. The zero-order valence-electron chi connectivity index (χ0n) is 16.3. The fourth-order valence-corrected chi connectivity index (χ4v) is 3.34. The van der Waals surface area contributed by atoms with Gasteiger partial charge >= 0.3 is 5.97 Å². The average Bonchev–Trinajstić information content (AvgIpc) is 2.73. The standard InChI is InChI=1S/C21H22ClN3O4/c1-14(26)24-9-11-25(12-10-24)19-8-5-16(21(28)29-2)13-18(19)23-20(27)15-3-6-17(22)7-4-15/h3-8,13H,9-12H2,1-2H3,(H,23,27). The molecule has 0 spiro atoms. The molecule has 8 heteroatoms. The van der Waals surface area contributed by atoms with Crippen molar-refractivity contribution in [1.29, 1.82) is 0 Å². The number of anilines is 2. The van der Waals surface area contributed by atoms with Crippen molar-refractivity contribution >= 4 is 40.8 Å². The molecule has 1 heterocycles. The number of benzene rings is 2. The van der Waals surface area contributed by atoms with Crippen LogP contribution in [0.4, 0.5) is 11.4 Å². The van der Waals surface area contributed by atoms with Gasteiger partial charge in [0.2, 0.25) is 5.91 Å². The monoisotopic (exact) mass is 415 g/mol. The van der Waals surface area contributed by atoms with Gasteiger partial charge < -0.3 is 19.9 Å².